The molecule has 0 spiro atoms. The summed E-state index contributed by atoms with van der Waals surface area (Å²) in [5, 5.41) is 3.06. The number of para-hydroxylation sites is 1. The maximum absolute atomic E-state index is 13.1. The molecule has 31 heavy (non-hydrogen) atoms. The van der Waals surface area contributed by atoms with Gasteiger partial charge in [0.1, 0.15) is 11.9 Å². The summed E-state index contributed by atoms with van der Waals surface area (Å²) in [6, 6.07) is 15.3. The number of carbonyl (C=O) groups is 2. The van der Waals surface area contributed by atoms with Gasteiger partial charge in [-0.3, -0.25) is 14.6 Å². The first-order valence-electron chi connectivity index (χ1n) is 10.4. The Morgan fingerprint density at radius 3 is 2.55 bits per heavy atom. The minimum atomic E-state index is -0.433. The van der Waals surface area contributed by atoms with Gasteiger partial charge in [-0.1, -0.05) is 67.6 Å². The highest BCUT2D eigenvalue weighted by atomic mass is 32.2. The summed E-state index contributed by atoms with van der Waals surface area (Å²) in [6.07, 6.45) is 0. The number of thioether (sulfide) groups is 1. The number of fused-ring (bicyclic) bond motifs is 3. The van der Waals surface area contributed by atoms with Crippen LogP contribution in [0.3, 0.4) is 0 Å². The first-order valence-corrected chi connectivity index (χ1v) is 11.3. The fourth-order valence-electron chi connectivity index (χ4n) is 3.53. The zero-order chi connectivity index (χ0) is 22.1. The fraction of sp³-hybridized carbons (Fsp3) is 0.333. The average Bonchev–Trinajstić information content (AvgIpc) is 3.11. The molecule has 0 bridgehead atoms. The molecule has 0 fully saturated rings. The van der Waals surface area contributed by atoms with E-state index in [1.54, 1.807) is 4.90 Å². The molecule has 2 heterocycles. The number of aliphatic imine (C=N–C) groups is 2. The van der Waals surface area contributed by atoms with E-state index in [-0.39, 0.29) is 17.7 Å². The van der Waals surface area contributed by atoms with Gasteiger partial charge in [0, 0.05) is 12.1 Å². The summed E-state index contributed by atoms with van der Waals surface area (Å²) in [7, 11) is 0. The van der Waals surface area contributed by atoms with Gasteiger partial charge in [0.15, 0.2) is 5.17 Å². The Labute approximate surface area is 186 Å². The van der Waals surface area contributed by atoms with E-state index >= 15 is 0 Å². The van der Waals surface area contributed by atoms with E-state index < -0.39 is 11.3 Å². The molecule has 2 aliphatic heterocycles. The van der Waals surface area contributed by atoms with Crippen LogP contribution < -0.4 is 5.32 Å². The molecule has 0 aliphatic carbocycles. The van der Waals surface area contributed by atoms with E-state index in [4.69, 9.17) is 9.98 Å². The fourth-order valence-corrected chi connectivity index (χ4v) is 4.47. The third-order valence-corrected chi connectivity index (χ3v) is 6.42. The number of hydrogen-bond donors (Lipinski definition) is 1. The van der Waals surface area contributed by atoms with E-state index in [0.29, 0.717) is 17.5 Å². The first-order chi connectivity index (χ1) is 14.8. The topological polar surface area (TPSA) is 74.1 Å². The molecule has 1 N–H and O–H groups in total. The zero-order valence-corrected chi connectivity index (χ0v) is 18.9. The SMILES string of the molecule is Cc1ccc(CNC(=O)[C@@H](C)SC2=Nc3ccccc3C3=N[C@@H](C(C)C)C(=O)N23)cc1. The van der Waals surface area contributed by atoms with Gasteiger partial charge in [-0.25, -0.2) is 9.89 Å². The molecule has 0 saturated carbocycles. The lowest BCUT2D eigenvalue weighted by Gasteiger charge is -2.27. The second-order valence-corrected chi connectivity index (χ2v) is 9.50. The predicted molar refractivity (Wildman–Crippen MR) is 126 cm³/mol. The number of nitrogens with one attached hydrogen (secondary N) is 1. The molecular weight excluding hydrogens is 408 g/mol. The van der Waals surface area contributed by atoms with Crippen LogP contribution in [0.15, 0.2) is 58.5 Å². The van der Waals surface area contributed by atoms with Crippen molar-refractivity contribution < 1.29 is 9.59 Å². The molecule has 2 aromatic rings. The van der Waals surface area contributed by atoms with Crippen LogP contribution in [0.5, 0.6) is 0 Å². The number of benzene rings is 2. The van der Waals surface area contributed by atoms with Gasteiger partial charge < -0.3 is 5.32 Å². The molecule has 2 aliphatic rings. The van der Waals surface area contributed by atoms with Crippen LogP contribution in [0.4, 0.5) is 5.69 Å². The molecule has 0 aromatic heterocycles. The number of carbonyl (C=O) groups excluding carboxylic acids is 2. The van der Waals surface area contributed by atoms with Crippen molar-refractivity contribution in [1.82, 2.24) is 10.2 Å². The maximum Gasteiger partial charge on any atom is 0.259 e. The van der Waals surface area contributed by atoms with Crippen molar-refractivity contribution >= 4 is 40.3 Å². The summed E-state index contributed by atoms with van der Waals surface area (Å²) in [5.74, 6) is 0.527. The molecule has 2 amide bonds. The van der Waals surface area contributed by atoms with Gasteiger partial charge in [0.2, 0.25) is 5.91 Å². The van der Waals surface area contributed by atoms with Gasteiger partial charge in [0.05, 0.1) is 10.9 Å². The van der Waals surface area contributed by atoms with Crippen molar-refractivity contribution in [2.45, 2.75) is 45.5 Å². The molecule has 6 nitrogen and oxygen atoms in total. The van der Waals surface area contributed by atoms with Crippen LogP contribution >= 0.6 is 11.8 Å². The monoisotopic (exact) mass is 434 g/mol. The number of nitrogens with zero attached hydrogens (tertiary/aromatic N) is 3. The lowest BCUT2D eigenvalue weighted by atomic mass is 10.1. The number of amidine groups is 2. The van der Waals surface area contributed by atoms with Crippen LogP contribution in [0.25, 0.3) is 0 Å². The van der Waals surface area contributed by atoms with E-state index in [0.717, 1.165) is 16.8 Å². The Kier molecular flexibility index (Phi) is 5.96. The van der Waals surface area contributed by atoms with Crippen LogP contribution in [-0.2, 0) is 16.1 Å². The molecule has 0 radical (unpaired) electrons. The smallest absolute Gasteiger partial charge is 0.259 e. The minimum Gasteiger partial charge on any atom is -0.351 e. The highest BCUT2D eigenvalue weighted by Crippen LogP contribution is 2.35. The maximum atomic E-state index is 13.1. The molecule has 0 saturated heterocycles. The largest absolute Gasteiger partial charge is 0.351 e. The van der Waals surface area contributed by atoms with Crippen LogP contribution in [0.1, 0.15) is 37.5 Å². The second kappa shape index (κ2) is 8.67. The van der Waals surface area contributed by atoms with Gasteiger partial charge in [-0.2, -0.15) is 0 Å². The minimum absolute atomic E-state index is 0.0826. The van der Waals surface area contributed by atoms with Crippen molar-refractivity contribution in [2.24, 2.45) is 15.9 Å². The third kappa shape index (κ3) is 4.28. The summed E-state index contributed by atoms with van der Waals surface area (Å²) >= 11 is 1.29. The summed E-state index contributed by atoms with van der Waals surface area (Å²) < 4.78 is 0. The van der Waals surface area contributed by atoms with Gasteiger partial charge in [-0.05, 0) is 37.5 Å². The summed E-state index contributed by atoms with van der Waals surface area (Å²) in [6.45, 7) is 8.30. The molecule has 0 unspecified atom stereocenters. The standard InChI is InChI=1S/C24H26N4O2S/c1-14(2)20-23(30)28-21(27-20)18-7-5-6-8-19(18)26-24(28)31-16(4)22(29)25-13-17-11-9-15(3)10-12-17/h5-12,14,16,20H,13H2,1-4H3,(H,25,29)/t16-,20+/m1/s1. The Balaban J connectivity index is 1.52. The van der Waals surface area contributed by atoms with Crippen molar-refractivity contribution in [1.29, 1.82) is 0 Å². The van der Waals surface area contributed by atoms with Gasteiger partial charge in [-0.15, -0.1) is 0 Å². The highest BCUT2D eigenvalue weighted by Gasteiger charge is 2.43. The molecule has 2 aromatic carbocycles. The highest BCUT2D eigenvalue weighted by molar-refractivity contribution is 8.15. The Bertz CT molecular complexity index is 1080. The van der Waals surface area contributed by atoms with Gasteiger partial charge in [0.25, 0.3) is 5.91 Å². The average molecular weight is 435 g/mol. The molecule has 7 heteroatoms. The van der Waals surface area contributed by atoms with Crippen LogP contribution in [0.2, 0.25) is 0 Å². The normalized spacial score (nSPS) is 18.3. The third-order valence-electron chi connectivity index (χ3n) is 5.37. The number of hydrogen-bond acceptors (Lipinski definition) is 5. The number of amides is 2. The first kappa shape index (κ1) is 21.3. The lowest BCUT2D eigenvalue weighted by molar-refractivity contribution is -0.125. The van der Waals surface area contributed by atoms with Crippen LogP contribution in [-0.4, -0.2) is 39.0 Å². The molecule has 160 valence electrons. The molecule has 4 rings (SSSR count). The van der Waals surface area contributed by atoms with E-state index in [1.165, 1.54) is 17.3 Å². The van der Waals surface area contributed by atoms with Crippen molar-refractivity contribution in [3.05, 3.63) is 65.2 Å². The lowest BCUT2D eigenvalue weighted by Crippen LogP contribution is -2.43. The predicted octanol–water partition coefficient (Wildman–Crippen LogP) is 4.05. The summed E-state index contributed by atoms with van der Waals surface area (Å²) in [5.41, 5.74) is 3.84. The molecule has 2 atom stereocenters. The number of rotatable bonds is 5. The van der Waals surface area contributed by atoms with E-state index in [2.05, 4.69) is 5.32 Å². The van der Waals surface area contributed by atoms with Crippen molar-refractivity contribution in [3.63, 3.8) is 0 Å². The number of aryl methyl sites for hydroxylation is 1. The molecular formula is C24H26N4O2S. The zero-order valence-electron chi connectivity index (χ0n) is 18.1. The van der Waals surface area contributed by atoms with Crippen molar-refractivity contribution in [2.75, 3.05) is 0 Å². The van der Waals surface area contributed by atoms with Crippen molar-refractivity contribution in [3.8, 4) is 0 Å². The summed E-state index contributed by atoms with van der Waals surface area (Å²) in [4.78, 5) is 36.8. The Hall–Kier alpha value is -2.93. The van der Waals surface area contributed by atoms with E-state index in [1.807, 2.05) is 76.2 Å². The van der Waals surface area contributed by atoms with E-state index in [9.17, 15) is 9.59 Å². The van der Waals surface area contributed by atoms with Gasteiger partial charge >= 0.3 is 0 Å². The Morgan fingerprint density at radius 1 is 1.13 bits per heavy atom. The van der Waals surface area contributed by atoms with Crippen LogP contribution in [0, 0.1) is 12.8 Å². The Morgan fingerprint density at radius 2 is 1.84 bits per heavy atom. The second-order valence-electron chi connectivity index (χ2n) is 8.19. The quantitative estimate of drug-likeness (QED) is 0.772.